The van der Waals surface area contributed by atoms with Crippen molar-refractivity contribution in [3.05, 3.63) is 23.0 Å². The van der Waals surface area contributed by atoms with Crippen LogP contribution in [0.2, 0.25) is 5.15 Å². The molecule has 0 N–H and O–H groups in total. The summed E-state index contributed by atoms with van der Waals surface area (Å²) in [5.41, 5.74) is 0.968. The second kappa shape index (κ2) is 2.76. The lowest BCUT2D eigenvalue weighted by molar-refractivity contribution is 0.923. The zero-order chi connectivity index (χ0) is 7.56. The molecule has 1 aromatic rings. The molecule has 52 valence electrons. The molecule has 0 spiro atoms. The summed E-state index contributed by atoms with van der Waals surface area (Å²) in [4.78, 5) is 0. The third-order valence-corrected chi connectivity index (χ3v) is 1.66. The number of aromatic nitrogens is 1. The van der Waals surface area contributed by atoms with E-state index in [0.717, 1.165) is 5.56 Å². The minimum atomic E-state index is 0.431. The fourth-order valence-electron chi connectivity index (χ4n) is 0.790. The van der Waals surface area contributed by atoms with Crippen LogP contribution in [0.25, 0.3) is 0 Å². The van der Waals surface area contributed by atoms with Gasteiger partial charge in [0.25, 0.3) is 0 Å². The molecular formula is C7H7ClN2. The molecular weight excluding hydrogens is 148 g/mol. The van der Waals surface area contributed by atoms with Crippen LogP contribution in [0.4, 0.5) is 0 Å². The Morgan fingerprint density at radius 2 is 2.50 bits per heavy atom. The fraction of sp³-hybridized carbons (Fsp3) is 0.286. The molecule has 0 saturated carbocycles. The molecule has 1 rings (SSSR count). The van der Waals surface area contributed by atoms with Crippen LogP contribution in [-0.2, 0) is 13.5 Å². The highest BCUT2D eigenvalue weighted by Crippen LogP contribution is 2.12. The van der Waals surface area contributed by atoms with Gasteiger partial charge in [0.2, 0.25) is 0 Å². The van der Waals surface area contributed by atoms with E-state index in [9.17, 15) is 0 Å². The largest absolute Gasteiger partial charge is 0.342 e. The maximum atomic E-state index is 8.32. The summed E-state index contributed by atoms with van der Waals surface area (Å²) in [6.45, 7) is 0. The molecule has 0 aliphatic rings. The highest BCUT2D eigenvalue weighted by Gasteiger charge is 1.97. The third kappa shape index (κ3) is 1.31. The molecule has 0 aliphatic heterocycles. The van der Waals surface area contributed by atoms with E-state index in [1.165, 1.54) is 0 Å². The van der Waals surface area contributed by atoms with Gasteiger partial charge < -0.3 is 4.57 Å². The monoisotopic (exact) mass is 154 g/mol. The first kappa shape index (κ1) is 7.17. The van der Waals surface area contributed by atoms with E-state index in [-0.39, 0.29) is 0 Å². The summed E-state index contributed by atoms with van der Waals surface area (Å²) >= 11 is 5.72. The Morgan fingerprint density at radius 3 is 2.90 bits per heavy atom. The standard InChI is InChI=1S/C7H7ClN2/c1-10-5-6(2-3-9)4-7(10)8/h4-5H,2H2,1H3. The van der Waals surface area contributed by atoms with Crippen LogP contribution in [0.5, 0.6) is 0 Å². The van der Waals surface area contributed by atoms with Crippen molar-refractivity contribution in [3.8, 4) is 6.07 Å². The van der Waals surface area contributed by atoms with Crippen LogP contribution < -0.4 is 0 Å². The number of halogens is 1. The molecule has 0 aliphatic carbocycles. The van der Waals surface area contributed by atoms with Crippen molar-refractivity contribution in [2.24, 2.45) is 7.05 Å². The summed E-state index contributed by atoms with van der Waals surface area (Å²) in [7, 11) is 1.85. The van der Waals surface area contributed by atoms with Crippen molar-refractivity contribution in [3.63, 3.8) is 0 Å². The topological polar surface area (TPSA) is 28.7 Å². The van der Waals surface area contributed by atoms with Crippen LogP contribution in [0.15, 0.2) is 12.3 Å². The van der Waals surface area contributed by atoms with E-state index in [0.29, 0.717) is 11.6 Å². The average molecular weight is 155 g/mol. The third-order valence-electron chi connectivity index (χ3n) is 1.28. The van der Waals surface area contributed by atoms with Gasteiger partial charge in [-0.1, -0.05) is 11.6 Å². The van der Waals surface area contributed by atoms with Gasteiger partial charge >= 0.3 is 0 Å². The maximum Gasteiger partial charge on any atom is 0.108 e. The first-order valence-corrected chi connectivity index (χ1v) is 3.29. The summed E-state index contributed by atoms with van der Waals surface area (Å²) in [5, 5.41) is 8.99. The Kier molecular flexibility index (Phi) is 1.98. The fourth-order valence-corrected chi connectivity index (χ4v) is 0.979. The molecule has 2 nitrogen and oxygen atoms in total. The predicted octanol–water partition coefficient (Wildman–Crippen LogP) is 1.74. The lowest BCUT2D eigenvalue weighted by atomic mass is 10.3. The van der Waals surface area contributed by atoms with Crippen molar-refractivity contribution in [1.29, 1.82) is 5.26 Å². The molecule has 0 unspecified atom stereocenters. The SMILES string of the molecule is Cn1cc(CC#N)cc1Cl. The minimum Gasteiger partial charge on any atom is -0.342 e. The summed E-state index contributed by atoms with van der Waals surface area (Å²) < 4.78 is 1.79. The Hall–Kier alpha value is -0.940. The highest BCUT2D eigenvalue weighted by atomic mass is 35.5. The molecule has 3 heteroatoms. The predicted molar refractivity (Wildman–Crippen MR) is 39.7 cm³/mol. The van der Waals surface area contributed by atoms with Gasteiger partial charge in [-0.2, -0.15) is 5.26 Å². The molecule has 0 aromatic carbocycles. The molecule has 0 amide bonds. The van der Waals surface area contributed by atoms with Crippen LogP contribution in [0.1, 0.15) is 5.56 Å². The van der Waals surface area contributed by atoms with Gasteiger partial charge in [0.05, 0.1) is 12.5 Å². The van der Waals surface area contributed by atoms with E-state index in [1.54, 1.807) is 10.6 Å². The molecule has 0 saturated heterocycles. The molecule has 0 fully saturated rings. The molecule has 0 atom stereocenters. The lowest BCUT2D eigenvalue weighted by Crippen LogP contribution is -1.81. The Bertz CT molecular complexity index is 250. The normalized spacial score (nSPS) is 9.30. The number of aryl methyl sites for hydroxylation is 1. The molecule has 1 heterocycles. The molecule has 0 radical (unpaired) electrons. The van der Waals surface area contributed by atoms with Gasteiger partial charge in [-0.25, -0.2) is 0 Å². The van der Waals surface area contributed by atoms with E-state index in [2.05, 4.69) is 6.07 Å². The number of nitrogens with zero attached hydrogens (tertiary/aromatic N) is 2. The molecule has 0 bridgehead atoms. The number of nitriles is 1. The minimum absolute atomic E-state index is 0.431. The van der Waals surface area contributed by atoms with Crippen molar-refractivity contribution in [2.45, 2.75) is 6.42 Å². The Labute approximate surface area is 64.6 Å². The number of rotatable bonds is 1. The van der Waals surface area contributed by atoms with Gasteiger partial charge in [-0.15, -0.1) is 0 Å². The summed E-state index contributed by atoms with van der Waals surface area (Å²) in [6, 6.07) is 3.85. The van der Waals surface area contributed by atoms with Crippen LogP contribution in [0, 0.1) is 11.3 Å². The number of hydrogen-bond donors (Lipinski definition) is 0. The average Bonchev–Trinajstić information content (AvgIpc) is 2.14. The van der Waals surface area contributed by atoms with Crippen LogP contribution in [0.3, 0.4) is 0 Å². The van der Waals surface area contributed by atoms with E-state index in [4.69, 9.17) is 16.9 Å². The van der Waals surface area contributed by atoms with E-state index in [1.807, 2.05) is 13.2 Å². The van der Waals surface area contributed by atoms with E-state index < -0.39 is 0 Å². The lowest BCUT2D eigenvalue weighted by Gasteiger charge is -1.87. The highest BCUT2D eigenvalue weighted by molar-refractivity contribution is 6.29. The van der Waals surface area contributed by atoms with Gasteiger partial charge in [0.15, 0.2) is 0 Å². The van der Waals surface area contributed by atoms with Crippen LogP contribution in [-0.4, -0.2) is 4.57 Å². The first-order chi connectivity index (χ1) is 4.74. The van der Waals surface area contributed by atoms with Crippen molar-refractivity contribution in [1.82, 2.24) is 4.57 Å². The van der Waals surface area contributed by atoms with E-state index >= 15 is 0 Å². The smallest absolute Gasteiger partial charge is 0.108 e. The van der Waals surface area contributed by atoms with Gasteiger partial charge in [0.1, 0.15) is 5.15 Å². The second-order valence-corrected chi connectivity index (χ2v) is 2.50. The first-order valence-electron chi connectivity index (χ1n) is 2.91. The quantitative estimate of drug-likeness (QED) is 0.606. The van der Waals surface area contributed by atoms with Gasteiger partial charge in [0, 0.05) is 13.2 Å². The molecule has 1 aromatic heterocycles. The van der Waals surface area contributed by atoms with Crippen molar-refractivity contribution in [2.75, 3.05) is 0 Å². The zero-order valence-corrected chi connectivity index (χ0v) is 6.39. The Balaban J connectivity index is 2.90. The molecule has 10 heavy (non-hydrogen) atoms. The van der Waals surface area contributed by atoms with Gasteiger partial charge in [-0.05, 0) is 11.6 Å². The second-order valence-electron chi connectivity index (χ2n) is 2.12. The summed E-state index contributed by atoms with van der Waals surface area (Å²) in [5.74, 6) is 0. The Morgan fingerprint density at radius 1 is 1.80 bits per heavy atom. The maximum absolute atomic E-state index is 8.32. The van der Waals surface area contributed by atoms with Crippen LogP contribution >= 0.6 is 11.6 Å². The van der Waals surface area contributed by atoms with Crippen molar-refractivity contribution >= 4 is 11.6 Å². The number of hydrogen-bond acceptors (Lipinski definition) is 1. The summed E-state index contributed by atoms with van der Waals surface area (Å²) in [6.07, 6.45) is 2.28. The zero-order valence-electron chi connectivity index (χ0n) is 5.63. The van der Waals surface area contributed by atoms with Gasteiger partial charge in [-0.3, -0.25) is 0 Å². The van der Waals surface area contributed by atoms with Crippen molar-refractivity contribution < 1.29 is 0 Å².